The topological polar surface area (TPSA) is 96.4 Å². The van der Waals surface area contributed by atoms with Gasteiger partial charge in [0.25, 0.3) is 5.96 Å². The summed E-state index contributed by atoms with van der Waals surface area (Å²) in [4.78, 5) is 6.52. The standard InChI is InChI=1S/C17H21ClN8O/c18-15-19-9-13-24(15)12-4-2-1-3-11(12)14-21-22-16(25(13)14)26-10(8-20-23-26)7-17(27)5-6-17/h8-9,11-12,14,21,27H,1-7H2. The molecule has 3 unspecified atom stereocenters. The van der Waals surface area contributed by atoms with E-state index in [9.17, 15) is 5.11 Å². The molecule has 0 radical (unpaired) electrons. The number of aliphatic hydroxyl groups is 1. The highest BCUT2D eigenvalue weighted by atomic mass is 35.5. The molecule has 4 heterocycles. The zero-order valence-electron chi connectivity index (χ0n) is 14.8. The fraction of sp³-hybridized carbons (Fsp3) is 0.647. The molecular formula is C17H21ClN8O. The maximum atomic E-state index is 10.3. The number of aromatic nitrogens is 5. The fourth-order valence-electron chi connectivity index (χ4n) is 4.89. The lowest BCUT2D eigenvalue weighted by molar-refractivity contribution is 0.149. The summed E-state index contributed by atoms with van der Waals surface area (Å²) in [5.74, 6) is 2.00. The number of hydrazone groups is 1. The van der Waals surface area contributed by atoms with E-state index in [4.69, 9.17) is 11.6 Å². The van der Waals surface area contributed by atoms with Crippen LogP contribution < -0.4 is 10.3 Å². The zero-order valence-corrected chi connectivity index (χ0v) is 15.5. The number of hydrogen-bond acceptors (Lipinski definition) is 7. The van der Waals surface area contributed by atoms with Crippen molar-refractivity contribution in [2.24, 2.45) is 11.0 Å². The minimum atomic E-state index is -0.618. The molecular weight excluding hydrogens is 368 g/mol. The van der Waals surface area contributed by atoms with Gasteiger partial charge in [-0.05, 0) is 37.3 Å². The van der Waals surface area contributed by atoms with Crippen molar-refractivity contribution in [1.29, 1.82) is 0 Å². The van der Waals surface area contributed by atoms with Crippen molar-refractivity contribution in [3.05, 3.63) is 23.4 Å². The number of fused-ring (bicyclic) bond motifs is 6. The van der Waals surface area contributed by atoms with Gasteiger partial charge in [-0.2, -0.15) is 4.68 Å². The van der Waals surface area contributed by atoms with E-state index in [0.29, 0.717) is 29.6 Å². The average molecular weight is 389 g/mol. The van der Waals surface area contributed by atoms with Gasteiger partial charge in [0.2, 0.25) is 5.28 Å². The number of imidazole rings is 1. The van der Waals surface area contributed by atoms with Crippen LogP contribution in [0.25, 0.3) is 0 Å². The summed E-state index contributed by atoms with van der Waals surface area (Å²) in [5, 5.41) is 23.8. The number of nitrogens with zero attached hydrogens (tertiary/aromatic N) is 7. The highest BCUT2D eigenvalue weighted by molar-refractivity contribution is 6.28. The van der Waals surface area contributed by atoms with E-state index >= 15 is 0 Å². The van der Waals surface area contributed by atoms with Crippen LogP contribution in [0.2, 0.25) is 5.28 Å². The van der Waals surface area contributed by atoms with Gasteiger partial charge >= 0.3 is 0 Å². The molecule has 2 fully saturated rings. The first-order valence-corrected chi connectivity index (χ1v) is 10.00. The second-order valence-electron chi connectivity index (χ2n) is 8.17. The van der Waals surface area contributed by atoms with Crippen LogP contribution in [0.3, 0.4) is 0 Å². The molecule has 0 amide bonds. The van der Waals surface area contributed by atoms with Gasteiger partial charge in [-0.3, -0.25) is 14.9 Å². The van der Waals surface area contributed by atoms with Gasteiger partial charge in [-0.1, -0.05) is 18.1 Å². The van der Waals surface area contributed by atoms with Crippen LogP contribution in [-0.4, -0.2) is 47.4 Å². The monoisotopic (exact) mass is 388 g/mol. The van der Waals surface area contributed by atoms with Gasteiger partial charge in [-0.15, -0.1) is 10.2 Å². The maximum Gasteiger partial charge on any atom is 0.252 e. The third kappa shape index (κ3) is 2.27. The third-order valence-corrected chi connectivity index (χ3v) is 6.71. The van der Waals surface area contributed by atoms with Crippen LogP contribution in [0, 0.1) is 5.92 Å². The van der Waals surface area contributed by atoms with Crippen molar-refractivity contribution >= 4 is 23.4 Å². The Balaban J connectivity index is 1.43. The molecule has 2 aliphatic carbocycles. The lowest BCUT2D eigenvalue weighted by Crippen LogP contribution is -2.55. The normalized spacial score (nSPS) is 30.2. The first kappa shape index (κ1) is 15.9. The van der Waals surface area contributed by atoms with Crippen LogP contribution in [0.5, 0.6) is 0 Å². The molecule has 0 saturated heterocycles. The molecule has 2 aromatic heterocycles. The maximum absolute atomic E-state index is 10.3. The molecule has 2 aromatic rings. The van der Waals surface area contributed by atoms with Crippen LogP contribution in [0.1, 0.15) is 50.3 Å². The van der Waals surface area contributed by atoms with E-state index in [2.05, 4.69) is 35.3 Å². The van der Waals surface area contributed by atoms with Gasteiger partial charge in [0.15, 0.2) is 0 Å². The van der Waals surface area contributed by atoms with Crippen molar-refractivity contribution < 1.29 is 5.11 Å². The Kier molecular flexibility index (Phi) is 3.20. The Morgan fingerprint density at radius 3 is 2.96 bits per heavy atom. The van der Waals surface area contributed by atoms with Crippen LogP contribution in [0.15, 0.2) is 17.5 Å². The number of rotatable bonds is 2. The molecule has 0 spiro atoms. The zero-order chi connectivity index (χ0) is 18.2. The molecule has 2 saturated carbocycles. The highest BCUT2D eigenvalue weighted by Gasteiger charge is 2.49. The van der Waals surface area contributed by atoms with Gasteiger partial charge in [0.1, 0.15) is 12.0 Å². The summed E-state index contributed by atoms with van der Waals surface area (Å²) in [5.41, 5.74) is 3.57. The second-order valence-corrected chi connectivity index (χ2v) is 8.50. The van der Waals surface area contributed by atoms with Gasteiger partial charge in [-0.25, -0.2) is 4.98 Å². The van der Waals surface area contributed by atoms with Crippen molar-refractivity contribution in [2.75, 3.05) is 4.90 Å². The molecule has 0 bridgehead atoms. The average Bonchev–Trinajstić information content (AvgIpc) is 3.06. The molecule has 4 aliphatic rings. The van der Waals surface area contributed by atoms with Crippen molar-refractivity contribution in [2.45, 2.75) is 62.8 Å². The van der Waals surface area contributed by atoms with Crippen molar-refractivity contribution in [1.82, 2.24) is 30.0 Å². The van der Waals surface area contributed by atoms with E-state index < -0.39 is 5.60 Å². The van der Waals surface area contributed by atoms with E-state index in [1.807, 2.05) is 6.20 Å². The minimum Gasteiger partial charge on any atom is -0.389 e. The molecule has 9 nitrogen and oxygen atoms in total. The predicted molar refractivity (Wildman–Crippen MR) is 98.4 cm³/mol. The predicted octanol–water partition coefficient (Wildman–Crippen LogP) is 1.50. The molecule has 3 atom stereocenters. The Hall–Kier alpha value is -2.13. The van der Waals surface area contributed by atoms with Crippen LogP contribution in [-0.2, 0) is 6.42 Å². The number of hydrogen-bond donors (Lipinski definition) is 2. The molecule has 10 heteroatoms. The SMILES string of the molecule is OC1(Cc2cnnn2C2=NNC3C4CCCCC4n4c(cnc4Cl)N23)CC1. The smallest absolute Gasteiger partial charge is 0.252 e. The largest absolute Gasteiger partial charge is 0.389 e. The highest BCUT2D eigenvalue weighted by Crippen LogP contribution is 2.47. The molecule has 27 heavy (non-hydrogen) atoms. The van der Waals surface area contributed by atoms with E-state index in [1.54, 1.807) is 10.9 Å². The van der Waals surface area contributed by atoms with Crippen LogP contribution >= 0.6 is 11.6 Å². The van der Waals surface area contributed by atoms with Crippen molar-refractivity contribution in [3.63, 3.8) is 0 Å². The van der Waals surface area contributed by atoms with Crippen LogP contribution in [0.4, 0.5) is 5.82 Å². The van der Waals surface area contributed by atoms with E-state index in [1.165, 1.54) is 12.8 Å². The van der Waals surface area contributed by atoms with E-state index in [0.717, 1.165) is 37.2 Å². The Labute approximate surface area is 161 Å². The fourth-order valence-corrected chi connectivity index (χ4v) is 5.15. The van der Waals surface area contributed by atoms with E-state index in [-0.39, 0.29) is 6.17 Å². The minimum absolute atomic E-state index is 0.0617. The molecule has 6 rings (SSSR count). The van der Waals surface area contributed by atoms with Crippen molar-refractivity contribution in [3.8, 4) is 0 Å². The molecule has 142 valence electrons. The molecule has 2 aliphatic heterocycles. The number of halogens is 1. The summed E-state index contributed by atoms with van der Waals surface area (Å²) in [6.07, 6.45) is 10.4. The first-order chi connectivity index (χ1) is 13.1. The Morgan fingerprint density at radius 2 is 2.11 bits per heavy atom. The lowest BCUT2D eigenvalue weighted by Gasteiger charge is -2.45. The van der Waals surface area contributed by atoms with Gasteiger partial charge in [0.05, 0.1) is 23.7 Å². The quantitative estimate of drug-likeness (QED) is 0.809. The van der Waals surface area contributed by atoms with Gasteiger partial charge in [0, 0.05) is 18.4 Å². The summed E-state index contributed by atoms with van der Waals surface area (Å²) >= 11 is 6.46. The first-order valence-electron chi connectivity index (χ1n) is 9.62. The third-order valence-electron chi connectivity index (χ3n) is 6.43. The lowest BCUT2D eigenvalue weighted by atomic mass is 9.80. The summed E-state index contributed by atoms with van der Waals surface area (Å²) in [6.45, 7) is 0. The molecule has 0 aromatic carbocycles. The summed E-state index contributed by atoms with van der Waals surface area (Å²) in [7, 11) is 0. The number of anilines is 1. The summed E-state index contributed by atoms with van der Waals surface area (Å²) in [6, 6.07) is 0.342. The Bertz CT molecular complexity index is 931. The van der Waals surface area contributed by atoms with Gasteiger partial charge < -0.3 is 5.11 Å². The molecule has 2 N–H and O–H groups in total. The number of nitrogens with one attached hydrogen (secondary N) is 1. The second kappa shape index (κ2) is 5.45. The summed E-state index contributed by atoms with van der Waals surface area (Å²) < 4.78 is 3.88. The Morgan fingerprint density at radius 1 is 1.26 bits per heavy atom.